The van der Waals surface area contributed by atoms with Crippen molar-refractivity contribution in [2.24, 2.45) is 0 Å². The minimum atomic E-state index is -0.296. The van der Waals surface area contributed by atoms with Gasteiger partial charge < -0.3 is 15.5 Å². The highest BCUT2D eigenvalue weighted by Gasteiger charge is 2.39. The Hall–Kier alpha value is -2.53. The van der Waals surface area contributed by atoms with E-state index in [1.54, 1.807) is 11.9 Å². The van der Waals surface area contributed by atoms with Gasteiger partial charge in [0.15, 0.2) is 0 Å². The molecule has 1 saturated carbocycles. The first-order valence-electron chi connectivity index (χ1n) is 9.58. The van der Waals surface area contributed by atoms with Crippen LogP contribution in [0.2, 0.25) is 5.02 Å². The Morgan fingerprint density at radius 2 is 1.75 bits per heavy atom. The van der Waals surface area contributed by atoms with Crippen LogP contribution in [0, 0.1) is 0 Å². The SMILES string of the molecule is CN(Cc1ccccc1)C(=O)NCCC(=O)NC1(c2ccc(Cl)cc2)CCC1. The lowest BCUT2D eigenvalue weighted by Crippen LogP contribution is -2.51. The molecule has 148 valence electrons. The van der Waals surface area contributed by atoms with Crippen LogP contribution in [0.3, 0.4) is 0 Å². The maximum absolute atomic E-state index is 12.4. The largest absolute Gasteiger partial charge is 0.347 e. The number of urea groups is 1. The molecule has 1 aliphatic carbocycles. The standard InChI is InChI=1S/C22H26ClN3O2/c1-26(16-17-6-3-2-4-7-17)21(28)24-15-12-20(27)25-22(13-5-14-22)18-8-10-19(23)11-9-18/h2-4,6-11H,5,12-16H2,1H3,(H,24,28)(H,25,27). The molecule has 0 aromatic heterocycles. The molecule has 5 nitrogen and oxygen atoms in total. The van der Waals surface area contributed by atoms with E-state index in [1.807, 2.05) is 54.6 Å². The molecule has 0 bridgehead atoms. The summed E-state index contributed by atoms with van der Waals surface area (Å²) in [7, 11) is 1.74. The molecule has 3 amide bonds. The molecule has 1 fully saturated rings. The molecular formula is C22H26ClN3O2. The average Bonchev–Trinajstić information content (AvgIpc) is 2.66. The second kappa shape index (κ2) is 9.11. The van der Waals surface area contributed by atoms with Crippen molar-refractivity contribution in [2.75, 3.05) is 13.6 Å². The van der Waals surface area contributed by atoms with Crippen LogP contribution in [0.25, 0.3) is 0 Å². The van der Waals surface area contributed by atoms with E-state index < -0.39 is 0 Å². The molecule has 0 unspecified atom stereocenters. The summed E-state index contributed by atoms with van der Waals surface area (Å²) in [4.78, 5) is 26.2. The van der Waals surface area contributed by atoms with Crippen molar-refractivity contribution in [3.8, 4) is 0 Å². The zero-order valence-corrected chi connectivity index (χ0v) is 16.8. The summed E-state index contributed by atoms with van der Waals surface area (Å²) < 4.78 is 0. The average molecular weight is 400 g/mol. The third-order valence-corrected chi connectivity index (χ3v) is 5.47. The van der Waals surface area contributed by atoms with E-state index >= 15 is 0 Å². The van der Waals surface area contributed by atoms with Gasteiger partial charge in [-0.25, -0.2) is 4.79 Å². The van der Waals surface area contributed by atoms with Gasteiger partial charge >= 0.3 is 6.03 Å². The lowest BCUT2D eigenvalue weighted by Gasteiger charge is -2.43. The quantitative estimate of drug-likeness (QED) is 0.737. The predicted molar refractivity (Wildman–Crippen MR) is 111 cm³/mol. The number of nitrogens with one attached hydrogen (secondary N) is 2. The summed E-state index contributed by atoms with van der Waals surface area (Å²) in [5.41, 5.74) is 1.85. The van der Waals surface area contributed by atoms with Gasteiger partial charge in [0.05, 0.1) is 5.54 Å². The second-order valence-electron chi connectivity index (χ2n) is 7.31. The van der Waals surface area contributed by atoms with Gasteiger partial charge in [0.25, 0.3) is 0 Å². The fourth-order valence-electron chi connectivity index (χ4n) is 3.46. The van der Waals surface area contributed by atoms with Crippen LogP contribution < -0.4 is 10.6 Å². The molecule has 2 aromatic carbocycles. The van der Waals surface area contributed by atoms with Gasteiger partial charge in [0, 0.05) is 31.6 Å². The summed E-state index contributed by atoms with van der Waals surface area (Å²) >= 11 is 5.97. The minimum Gasteiger partial charge on any atom is -0.347 e. The molecule has 0 spiro atoms. The van der Waals surface area contributed by atoms with Gasteiger partial charge in [-0.1, -0.05) is 54.1 Å². The molecule has 2 aromatic rings. The highest BCUT2D eigenvalue weighted by molar-refractivity contribution is 6.30. The fourth-order valence-corrected chi connectivity index (χ4v) is 3.59. The first kappa shape index (κ1) is 20.2. The molecule has 2 N–H and O–H groups in total. The zero-order chi connectivity index (χ0) is 20.0. The fraction of sp³-hybridized carbons (Fsp3) is 0.364. The van der Waals surface area contributed by atoms with Crippen molar-refractivity contribution in [1.82, 2.24) is 15.5 Å². The summed E-state index contributed by atoms with van der Waals surface area (Å²) in [6, 6.07) is 17.3. The molecule has 0 saturated heterocycles. The van der Waals surface area contributed by atoms with Crippen LogP contribution in [-0.2, 0) is 16.9 Å². The van der Waals surface area contributed by atoms with Crippen molar-refractivity contribution >= 4 is 23.5 Å². The van der Waals surface area contributed by atoms with Crippen LogP contribution in [0.1, 0.15) is 36.8 Å². The molecule has 0 aliphatic heterocycles. The van der Waals surface area contributed by atoms with E-state index in [9.17, 15) is 9.59 Å². The van der Waals surface area contributed by atoms with Crippen molar-refractivity contribution in [3.63, 3.8) is 0 Å². The Morgan fingerprint density at radius 1 is 1.07 bits per heavy atom. The number of hydrogen-bond donors (Lipinski definition) is 2. The summed E-state index contributed by atoms with van der Waals surface area (Å²) in [6.45, 7) is 0.832. The molecule has 0 radical (unpaired) electrons. The van der Waals surface area contributed by atoms with Gasteiger partial charge in [0.1, 0.15) is 0 Å². The predicted octanol–water partition coefficient (Wildman–Crippen LogP) is 4.07. The smallest absolute Gasteiger partial charge is 0.317 e. The third-order valence-electron chi connectivity index (χ3n) is 5.22. The van der Waals surface area contributed by atoms with E-state index in [0.29, 0.717) is 18.1 Å². The number of hydrogen-bond acceptors (Lipinski definition) is 2. The van der Waals surface area contributed by atoms with E-state index in [2.05, 4.69) is 10.6 Å². The van der Waals surface area contributed by atoms with Gasteiger partial charge in [0.2, 0.25) is 5.91 Å². The lowest BCUT2D eigenvalue weighted by molar-refractivity contribution is -0.124. The van der Waals surface area contributed by atoms with Crippen LogP contribution >= 0.6 is 11.6 Å². The van der Waals surface area contributed by atoms with Crippen LogP contribution in [0.15, 0.2) is 54.6 Å². The highest BCUT2D eigenvalue weighted by Crippen LogP contribution is 2.41. The van der Waals surface area contributed by atoms with Crippen LogP contribution in [0.4, 0.5) is 4.79 Å². The third kappa shape index (κ3) is 5.04. The molecular weight excluding hydrogens is 374 g/mol. The number of benzene rings is 2. The Kier molecular flexibility index (Phi) is 6.57. The first-order valence-corrected chi connectivity index (χ1v) is 9.96. The summed E-state index contributed by atoms with van der Waals surface area (Å²) in [5.74, 6) is -0.0549. The summed E-state index contributed by atoms with van der Waals surface area (Å²) in [6.07, 6.45) is 3.18. The number of amides is 3. The van der Waals surface area contributed by atoms with Crippen LogP contribution in [0.5, 0.6) is 0 Å². The molecule has 6 heteroatoms. The topological polar surface area (TPSA) is 61.4 Å². The van der Waals surface area contributed by atoms with Crippen LogP contribution in [-0.4, -0.2) is 30.4 Å². The molecule has 1 aliphatic rings. The molecule has 0 atom stereocenters. The maximum Gasteiger partial charge on any atom is 0.317 e. The number of carbonyl (C=O) groups is 2. The number of carbonyl (C=O) groups excluding carboxylic acids is 2. The Morgan fingerprint density at radius 3 is 2.36 bits per heavy atom. The van der Waals surface area contributed by atoms with E-state index in [-0.39, 0.29) is 23.9 Å². The minimum absolute atomic E-state index is 0.0549. The lowest BCUT2D eigenvalue weighted by atomic mass is 9.71. The number of halogens is 1. The maximum atomic E-state index is 12.4. The Bertz CT molecular complexity index is 804. The van der Waals surface area contributed by atoms with E-state index in [0.717, 1.165) is 30.4 Å². The first-order chi connectivity index (χ1) is 13.5. The van der Waals surface area contributed by atoms with Gasteiger partial charge in [-0.3, -0.25) is 4.79 Å². The number of nitrogens with zero attached hydrogens (tertiary/aromatic N) is 1. The van der Waals surface area contributed by atoms with Crippen molar-refractivity contribution < 1.29 is 9.59 Å². The number of rotatable bonds is 7. The van der Waals surface area contributed by atoms with E-state index in [1.165, 1.54) is 0 Å². The molecule has 28 heavy (non-hydrogen) atoms. The van der Waals surface area contributed by atoms with Crippen molar-refractivity contribution in [1.29, 1.82) is 0 Å². The Balaban J connectivity index is 1.45. The molecule has 3 rings (SSSR count). The van der Waals surface area contributed by atoms with E-state index in [4.69, 9.17) is 11.6 Å². The van der Waals surface area contributed by atoms with Gasteiger partial charge in [-0.2, -0.15) is 0 Å². The Labute approximate surface area is 171 Å². The van der Waals surface area contributed by atoms with Crippen molar-refractivity contribution in [3.05, 3.63) is 70.7 Å². The van der Waals surface area contributed by atoms with Crippen molar-refractivity contribution in [2.45, 2.75) is 37.8 Å². The highest BCUT2D eigenvalue weighted by atomic mass is 35.5. The van der Waals surface area contributed by atoms with Gasteiger partial charge in [-0.05, 0) is 42.5 Å². The van der Waals surface area contributed by atoms with Gasteiger partial charge in [-0.15, -0.1) is 0 Å². The second-order valence-corrected chi connectivity index (χ2v) is 7.75. The normalized spacial score (nSPS) is 14.6. The molecule has 0 heterocycles. The monoisotopic (exact) mass is 399 g/mol. The zero-order valence-electron chi connectivity index (χ0n) is 16.1. The summed E-state index contributed by atoms with van der Waals surface area (Å²) in [5, 5.41) is 6.66.